The Kier molecular flexibility index (Phi) is 7.01. The third kappa shape index (κ3) is 5.21. The van der Waals surface area contributed by atoms with Crippen LogP contribution in [0.3, 0.4) is 0 Å². The van der Waals surface area contributed by atoms with Gasteiger partial charge in [-0.05, 0) is 35.4 Å². The number of aromatic nitrogens is 4. The van der Waals surface area contributed by atoms with Crippen LogP contribution in [0.1, 0.15) is 16.8 Å². The number of nitrogens with zero attached hydrogens (tertiary/aromatic N) is 5. The highest BCUT2D eigenvalue weighted by molar-refractivity contribution is 5.64. The molecule has 0 spiro atoms. The molecular weight excluding hydrogens is 422 g/mol. The molecule has 172 valence electrons. The van der Waals surface area contributed by atoms with Crippen LogP contribution in [0.25, 0.3) is 5.65 Å². The number of fused-ring (bicyclic) bond motifs is 1. The van der Waals surface area contributed by atoms with Crippen LogP contribution < -0.4 is 14.4 Å². The first-order chi connectivity index (χ1) is 16.1. The Morgan fingerprint density at radius 1 is 0.909 bits per heavy atom. The third-order valence-corrected chi connectivity index (χ3v) is 5.38. The van der Waals surface area contributed by atoms with Gasteiger partial charge in [0.25, 0.3) is 0 Å². The van der Waals surface area contributed by atoms with Crippen LogP contribution in [-0.2, 0) is 19.5 Å². The number of rotatable bonds is 10. The zero-order chi connectivity index (χ0) is 23.2. The number of anilines is 1. The van der Waals surface area contributed by atoms with Crippen LogP contribution in [0.15, 0.2) is 61.1 Å². The molecular formula is C24H27N5O4. The van der Waals surface area contributed by atoms with Gasteiger partial charge in [0, 0.05) is 19.5 Å². The summed E-state index contributed by atoms with van der Waals surface area (Å²) < 4.78 is 12.2. The first-order valence-corrected chi connectivity index (χ1v) is 10.6. The molecule has 0 amide bonds. The van der Waals surface area contributed by atoms with E-state index in [0.717, 1.165) is 22.6 Å². The van der Waals surface area contributed by atoms with Gasteiger partial charge in [-0.3, -0.25) is 0 Å². The summed E-state index contributed by atoms with van der Waals surface area (Å²) >= 11 is 0. The number of benzene rings is 2. The molecule has 0 aliphatic rings. The zero-order valence-corrected chi connectivity index (χ0v) is 18.6. The number of hydrogen-bond donors (Lipinski definition) is 2. The highest BCUT2D eigenvalue weighted by Crippen LogP contribution is 2.24. The van der Waals surface area contributed by atoms with E-state index in [1.807, 2.05) is 48.5 Å². The first kappa shape index (κ1) is 22.5. The van der Waals surface area contributed by atoms with E-state index >= 15 is 0 Å². The largest absolute Gasteiger partial charge is 0.497 e. The lowest BCUT2D eigenvalue weighted by Gasteiger charge is -2.24. The molecule has 1 unspecified atom stereocenters. The molecule has 0 fully saturated rings. The molecule has 9 heteroatoms. The van der Waals surface area contributed by atoms with Crippen LogP contribution in [0.4, 0.5) is 5.82 Å². The molecule has 2 N–H and O–H groups in total. The summed E-state index contributed by atoms with van der Waals surface area (Å²) in [6.07, 6.45) is 2.50. The van der Waals surface area contributed by atoms with E-state index in [-0.39, 0.29) is 13.0 Å². The van der Waals surface area contributed by atoms with Crippen molar-refractivity contribution in [1.29, 1.82) is 0 Å². The van der Waals surface area contributed by atoms with E-state index in [1.54, 1.807) is 24.9 Å². The maximum atomic E-state index is 9.88. The lowest BCUT2D eigenvalue weighted by molar-refractivity contribution is 0.0944. The SMILES string of the molecule is COc1ccc(CN(Cc2ccc(OC)cc2)c2ncnn3c(CC(O)CO)cnc23)cc1. The van der Waals surface area contributed by atoms with Gasteiger partial charge in [-0.15, -0.1) is 0 Å². The highest BCUT2D eigenvalue weighted by atomic mass is 16.5. The average molecular weight is 450 g/mol. The standard InChI is InChI=1S/C24H27N5O4/c1-32-21-7-3-17(4-8-21)13-28(14-18-5-9-22(33-2)10-6-18)23-24-25-12-19(11-20(31)15-30)29(24)27-16-26-23/h3-10,12,16,20,30-31H,11,13-15H2,1-2H3. The van der Waals surface area contributed by atoms with Gasteiger partial charge in [-0.2, -0.15) is 5.10 Å². The van der Waals surface area contributed by atoms with Gasteiger partial charge in [0.1, 0.15) is 17.8 Å². The molecule has 0 radical (unpaired) electrons. The van der Waals surface area contributed by atoms with E-state index in [4.69, 9.17) is 9.47 Å². The monoisotopic (exact) mass is 449 g/mol. The predicted molar refractivity (Wildman–Crippen MR) is 123 cm³/mol. The van der Waals surface area contributed by atoms with Crippen LogP contribution in [0.5, 0.6) is 11.5 Å². The van der Waals surface area contributed by atoms with Crippen molar-refractivity contribution in [2.75, 3.05) is 25.7 Å². The highest BCUT2D eigenvalue weighted by Gasteiger charge is 2.18. The normalized spacial score (nSPS) is 12.0. The van der Waals surface area contributed by atoms with E-state index in [2.05, 4.69) is 20.0 Å². The Morgan fingerprint density at radius 3 is 2.00 bits per heavy atom. The van der Waals surface area contributed by atoms with Gasteiger partial charge in [0.15, 0.2) is 11.5 Å². The molecule has 4 rings (SSSR count). The van der Waals surface area contributed by atoms with Gasteiger partial charge in [-0.25, -0.2) is 14.5 Å². The van der Waals surface area contributed by atoms with Crippen LogP contribution in [-0.4, -0.2) is 56.7 Å². The van der Waals surface area contributed by atoms with Gasteiger partial charge in [-0.1, -0.05) is 24.3 Å². The molecule has 2 aromatic carbocycles. The van der Waals surface area contributed by atoms with Crippen molar-refractivity contribution >= 4 is 11.5 Å². The predicted octanol–water partition coefficient (Wildman–Crippen LogP) is 2.24. The van der Waals surface area contributed by atoms with Crippen molar-refractivity contribution < 1.29 is 19.7 Å². The van der Waals surface area contributed by atoms with Crippen LogP contribution in [0, 0.1) is 0 Å². The second-order valence-electron chi connectivity index (χ2n) is 7.66. The molecule has 0 saturated carbocycles. The van der Waals surface area contributed by atoms with Crippen molar-refractivity contribution in [2.24, 2.45) is 0 Å². The van der Waals surface area contributed by atoms with E-state index < -0.39 is 6.10 Å². The first-order valence-electron chi connectivity index (χ1n) is 10.6. The Morgan fingerprint density at radius 2 is 1.48 bits per heavy atom. The molecule has 0 aliphatic carbocycles. The van der Waals surface area contributed by atoms with Crippen LogP contribution in [0.2, 0.25) is 0 Å². The Hall–Kier alpha value is -3.69. The second kappa shape index (κ2) is 10.3. The van der Waals surface area contributed by atoms with Crippen molar-refractivity contribution in [2.45, 2.75) is 25.6 Å². The molecule has 0 bridgehead atoms. The maximum absolute atomic E-state index is 9.88. The summed E-state index contributed by atoms with van der Waals surface area (Å²) in [5.74, 6) is 2.26. The lowest BCUT2D eigenvalue weighted by atomic mass is 10.1. The molecule has 0 saturated heterocycles. The Balaban J connectivity index is 1.70. The molecule has 4 aromatic rings. The maximum Gasteiger partial charge on any atom is 0.197 e. The molecule has 0 aliphatic heterocycles. The van der Waals surface area contributed by atoms with Crippen molar-refractivity contribution in [3.63, 3.8) is 0 Å². The summed E-state index contributed by atoms with van der Waals surface area (Å²) in [6, 6.07) is 15.8. The van der Waals surface area contributed by atoms with Crippen molar-refractivity contribution in [3.8, 4) is 11.5 Å². The minimum absolute atomic E-state index is 0.241. The molecule has 2 heterocycles. The zero-order valence-electron chi connectivity index (χ0n) is 18.6. The summed E-state index contributed by atoms with van der Waals surface area (Å²) in [7, 11) is 3.29. The van der Waals surface area contributed by atoms with Crippen molar-refractivity contribution in [3.05, 3.63) is 77.9 Å². The second-order valence-corrected chi connectivity index (χ2v) is 7.66. The third-order valence-electron chi connectivity index (χ3n) is 5.38. The van der Waals surface area contributed by atoms with Gasteiger partial charge < -0.3 is 24.6 Å². The van der Waals surface area contributed by atoms with Gasteiger partial charge in [0.2, 0.25) is 0 Å². The minimum atomic E-state index is -0.877. The van der Waals surface area contributed by atoms with Crippen LogP contribution >= 0.6 is 0 Å². The van der Waals surface area contributed by atoms with E-state index in [9.17, 15) is 10.2 Å². The van der Waals surface area contributed by atoms with Crippen molar-refractivity contribution in [1.82, 2.24) is 19.6 Å². The fourth-order valence-corrected chi connectivity index (χ4v) is 3.63. The molecule has 2 aromatic heterocycles. The number of methoxy groups -OCH3 is 2. The number of hydrogen-bond acceptors (Lipinski definition) is 8. The summed E-state index contributed by atoms with van der Waals surface area (Å²) in [4.78, 5) is 11.2. The van der Waals surface area contributed by atoms with E-state index in [1.165, 1.54) is 6.33 Å². The van der Waals surface area contributed by atoms with E-state index in [0.29, 0.717) is 30.2 Å². The fraction of sp³-hybridized carbons (Fsp3) is 0.292. The summed E-state index contributed by atoms with van der Waals surface area (Å²) in [5.41, 5.74) is 3.45. The number of aliphatic hydroxyl groups is 2. The van der Waals surface area contributed by atoms with Gasteiger partial charge in [0.05, 0.1) is 38.8 Å². The number of aliphatic hydroxyl groups excluding tert-OH is 2. The van der Waals surface area contributed by atoms with Gasteiger partial charge >= 0.3 is 0 Å². The molecule has 9 nitrogen and oxygen atoms in total. The molecule has 1 atom stereocenters. The summed E-state index contributed by atoms with van der Waals surface area (Å²) in [5, 5.41) is 23.4. The smallest absolute Gasteiger partial charge is 0.197 e. The number of imidazole rings is 1. The fourth-order valence-electron chi connectivity index (χ4n) is 3.63. The average Bonchev–Trinajstić information content (AvgIpc) is 3.27. The Bertz CT molecular complexity index is 1130. The molecule has 33 heavy (non-hydrogen) atoms. The minimum Gasteiger partial charge on any atom is -0.497 e. The Labute approximate surface area is 191 Å². The summed E-state index contributed by atoms with van der Waals surface area (Å²) in [6.45, 7) is 0.848. The quantitative estimate of drug-likeness (QED) is 0.380. The topological polar surface area (TPSA) is 105 Å². The number of ether oxygens (including phenoxy) is 2. The lowest BCUT2D eigenvalue weighted by Crippen LogP contribution is -2.24.